The number of rotatable bonds is 4. The fraction of sp³-hybridized carbons (Fsp3) is 0.656. The van der Waals surface area contributed by atoms with Gasteiger partial charge in [0.2, 0.25) is 5.91 Å². The topological polar surface area (TPSA) is 75.7 Å². The lowest BCUT2D eigenvalue weighted by atomic mass is 9.35. The molecule has 6 aliphatic rings. The Hall–Kier alpha value is -2.63. The van der Waals surface area contributed by atoms with Crippen molar-refractivity contribution in [3.05, 3.63) is 47.5 Å². The van der Waals surface area contributed by atoms with Crippen LogP contribution in [-0.4, -0.2) is 36.0 Å². The van der Waals surface area contributed by atoms with Crippen LogP contribution in [0.1, 0.15) is 71.8 Å². The van der Waals surface area contributed by atoms with Crippen LogP contribution in [0.5, 0.6) is 0 Å². The molecule has 204 valence electrons. The molecule has 6 nitrogen and oxygen atoms in total. The molecule has 4 fully saturated rings. The van der Waals surface area contributed by atoms with E-state index in [9.17, 15) is 14.4 Å². The van der Waals surface area contributed by atoms with Gasteiger partial charge in [0.25, 0.3) is 0 Å². The molecule has 1 aromatic carbocycles. The quantitative estimate of drug-likeness (QED) is 0.409. The standard InChI is InChI=1S/C32H42N2O4/c1-19(2)22-17-32-15-12-23-30(3,13-9-14-31(23,4)28(36)38-5)24(32)16-21(22)25-26(32)33-29(37)34(27(25)35)18-20-10-7-6-8-11-20/h6-8,10-11,17,19,21,23-26H,9,12-16,18H2,1-5H3,(H,33,37)/t21?,23?,24?,25-,26-,30+,31-,32?/m1/s1. The van der Waals surface area contributed by atoms with Gasteiger partial charge in [0.1, 0.15) is 0 Å². The third kappa shape index (κ3) is 3.34. The molecule has 5 aliphatic carbocycles. The van der Waals surface area contributed by atoms with Gasteiger partial charge >= 0.3 is 12.0 Å². The highest BCUT2D eigenvalue weighted by atomic mass is 16.5. The van der Waals surface area contributed by atoms with Crippen LogP contribution in [0.15, 0.2) is 42.0 Å². The van der Waals surface area contributed by atoms with Crippen molar-refractivity contribution in [3.63, 3.8) is 0 Å². The largest absolute Gasteiger partial charge is 0.469 e. The highest BCUT2D eigenvalue weighted by Gasteiger charge is 2.71. The van der Waals surface area contributed by atoms with E-state index in [0.29, 0.717) is 18.4 Å². The Labute approximate surface area is 226 Å². The minimum absolute atomic E-state index is 0.0213. The Bertz CT molecular complexity index is 1190. The number of nitrogens with zero attached hydrogens (tertiary/aromatic N) is 1. The van der Waals surface area contributed by atoms with Crippen molar-refractivity contribution in [2.75, 3.05) is 7.11 Å². The van der Waals surface area contributed by atoms with Gasteiger partial charge in [-0.3, -0.25) is 14.5 Å². The zero-order chi connectivity index (χ0) is 27.0. The first kappa shape index (κ1) is 25.6. The molecule has 1 spiro atoms. The van der Waals surface area contributed by atoms with E-state index in [2.05, 4.69) is 39.1 Å². The molecule has 3 saturated carbocycles. The van der Waals surface area contributed by atoms with Crippen LogP contribution in [0, 0.1) is 45.8 Å². The number of hydrogen-bond donors (Lipinski definition) is 1. The number of fused-ring (bicyclic) bond motifs is 1. The Kier molecular flexibility index (Phi) is 5.86. The summed E-state index contributed by atoms with van der Waals surface area (Å²) in [6, 6.07) is 9.32. The first-order valence-corrected chi connectivity index (χ1v) is 14.5. The molecule has 1 aliphatic heterocycles. The zero-order valence-electron chi connectivity index (χ0n) is 23.5. The summed E-state index contributed by atoms with van der Waals surface area (Å²) in [6.07, 6.45) is 8.20. The first-order chi connectivity index (χ1) is 18.1. The van der Waals surface area contributed by atoms with Gasteiger partial charge in [-0.1, -0.05) is 69.2 Å². The Morgan fingerprint density at radius 3 is 2.53 bits per heavy atom. The van der Waals surface area contributed by atoms with Crippen molar-refractivity contribution in [2.24, 2.45) is 45.8 Å². The molecule has 4 unspecified atom stereocenters. The van der Waals surface area contributed by atoms with Gasteiger partial charge in [0.05, 0.1) is 31.0 Å². The summed E-state index contributed by atoms with van der Waals surface area (Å²) in [5.41, 5.74) is 1.56. The van der Waals surface area contributed by atoms with Gasteiger partial charge in [0.15, 0.2) is 0 Å². The summed E-state index contributed by atoms with van der Waals surface area (Å²) in [5.74, 6) is 0.687. The molecule has 2 bridgehead atoms. The predicted molar refractivity (Wildman–Crippen MR) is 145 cm³/mol. The second-order valence-electron chi connectivity index (χ2n) is 13.5. The highest BCUT2D eigenvalue weighted by Crippen LogP contribution is 2.72. The Morgan fingerprint density at radius 1 is 1.11 bits per heavy atom. The maximum absolute atomic E-state index is 14.2. The second kappa shape index (κ2) is 8.69. The molecule has 8 atom stereocenters. The van der Waals surface area contributed by atoms with Crippen LogP contribution < -0.4 is 5.32 Å². The van der Waals surface area contributed by atoms with Crippen molar-refractivity contribution < 1.29 is 19.1 Å². The Balaban J connectivity index is 1.40. The van der Waals surface area contributed by atoms with Gasteiger partial charge in [-0.15, -0.1) is 0 Å². The lowest BCUT2D eigenvalue weighted by molar-refractivity contribution is -0.195. The van der Waals surface area contributed by atoms with Crippen LogP contribution in [-0.2, 0) is 20.9 Å². The van der Waals surface area contributed by atoms with E-state index in [-0.39, 0.29) is 52.5 Å². The van der Waals surface area contributed by atoms with Gasteiger partial charge in [-0.25, -0.2) is 4.79 Å². The van der Waals surface area contributed by atoms with Crippen molar-refractivity contribution in [2.45, 2.75) is 78.8 Å². The van der Waals surface area contributed by atoms with E-state index >= 15 is 0 Å². The molecular weight excluding hydrogens is 476 g/mol. The fourth-order valence-electron chi connectivity index (χ4n) is 10.0. The third-order valence-electron chi connectivity index (χ3n) is 11.6. The summed E-state index contributed by atoms with van der Waals surface area (Å²) < 4.78 is 5.35. The number of hydrogen-bond acceptors (Lipinski definition) is 4. The smallest absolute Gasteiger partial charge is 0.324 e. The number of benzene rings is 1. The van der Waals surface area contributed by atoms with Gasteiger partial charge in [-0.2, -0.15) is 0 Å². The van der Waals surface area contributed by atoms with Crippen LogP contribution in [0.25, 0.3) is 0 Å². The summed E-state index contributed by atoms with van der Waals surface area (Å²) in [7, 11) is 1.51. The number of ether oxygens (including phenoxy) is 1. The number of esters is 1. The summed E-state index contributed by atoms with van der Waals surface area (Å²) in [6.45, 7) is 9.30. The molecule has 1 aromatic rings. The zero-order valence-corrected chi connectivity index (χ0v) is 23.5. The molecule has 1 N–H and O–H groups in total. The molecule has 0 aromatic heterocycles. The van der Waals surface area contributed by atoms with Gasteiger partial charge < -0.3 is 10.1 Å². The number of carbonyl (C=O) groups excluding carboxylic acids is 3. The highest BCUT2D eigenvalue weighted by molar-refractivity contribution is 5.99. The number of methoxy groups -OCH3 is 1. The average molecular weight is 519 g/mol. The van der Waals surface area contributed by atoms with Crippen molar-refractivity contribution in [1.82, 2.24) is 10.2 Å². The average Bonchev–Trinajstić information content (AvgIpc) is 2.90. The number of carbonyl (C=O) groups is 3. The van der Waals surface area contributed by atoms with Gasteiger partial charge in [0, 0.05) is 5.41 Å². The summed E-state index contributed by atoms with van der Waals surface area (Å²) in [5, 5.41) is 3.40. The number of allylic oxidation sites excluding steroid dienone is 1. The number of nitrogens with one attached hydrogen (secondary N) is 1. The fourth-order valence-corrected chi connectivity index (χ4v) is 10.0. The van der Waals surface area contributed by atoms with Crippen molar-refractivity contribution >= 4 is 17.9 Å². The van der Waals surface area contributed by atoms with E-state index in [1.54, 1.807) is 0 Å². The lowest BCUT2D eigenvalue weighted by Crippen LogP contribution is -2.74. The van der Waals surface area contributed by atoms with E-state index < -0.39 is 5.41 Å². The normalized spacial score (nSPS) is 41.6. The molecule has 3 amide bonds. The van der Waals surface area contributed by atoms with Crippen LogP contribution in [0.3, 0.4) is 0 Å². The third-order valence-corrected chi connectivity index (χ3v) is 11.6. The second-order valence-corrected chi connectivity index (χ2v) is 13.5. The van der Waals surface area contributed by atoms with Crippen molar-refractivity contribution in [1.29, 1.82) is 0 Å². The molecular formula is C32H42N2O4. The maximum atomic E-state index is 14.2. The van der Waals surface area contributed by atoms with Crippen LogP contribution in [0.4, 0.5) is 4.79 Å². The van der Waals surface area contributed by atoms with Crippen LogP contribution in [0.2, 0.25) is 0 Å². The minimum Gasteiger partial charge on any atom is -0.469 e. The van der Waals surface area contributed by atoms with E-state index in [1.807, 2.05) is 30.3 Å². The Morgan fingerprint density at radius 2 is 1.84 bits per heavy atom. The summed E-state index contributed by atoms with van der Waals surface area (Å²) >= 11 is 0. The lowest BCUT2D eigenvalue weighted by Gasteiger charge is -2.70. The minimum atomic E-state index is -0.484. The number of amides is 3. The number of imide groups is 1. The van der Waals surface area contributed by atoms with E-state index in [4.69, 9.17) is 4.74 Å². The SMILES string of the molecule is COC(=O)[C@]1(C)CCC[C@]2(C)C3CC4C(C(C)C)=CC3(CCC21)[C@@H]1NC(=O)N(Cc2ccccc2)C(=O)[C@H]41. The predicted octanol–water partition coefficient (Wildman–Crippen LogP) is 5.72. The molecule has 7 rings (SSSR count). The molecule has 1 heterocycles. The van der Waals surface area contributed by atoms with Gasteiger partial charge in [-0.05, 0) is 73.7 Å². The monoisotopic (exact) mass is 518 g/mol. The molecule has 1 saturated heterocycles. The molecule has 6 heteroatoms. The van der Waals surface area contributed by atoms with Crippen molar-refractivity contribution in [3.8, 4) is 0 Å². The van der Waals surface area contributed by atoms with E-state index in [0.717, 1.165) is 44.1 Å². The molecule has 38 heavy (non-hydrogen) atoms. The first-order valence-electron chi connectivity index (χ1n) is 14.5. The maximum Gasteiger partial charge on any atom is 0.324 e. The summed E-state index contributed by atoms with van der Waals surface area (Å²) in [4.78, 5) is 42.3. The number of urea groups is 1. The van der Waals surface area contributed by atoms with Crippen LogP contribution >= 0.6 is 0 Å². The van der Waals surface area contributed by atoms with E-state index in [1.165, 1.54) is 17.6 Å². The molecule has 0 radical (unpaired) electrons.